The Morgan fingerprint density at radius 1 is 1.05 bits per heavy atom. The fraction of sp³-hybridized carbons (Fsp3) is 0.364. The van der Waals surface area contributed by atoms with E-state index in [1.165, 1.54) is 0 Å². The zero-order valence-electron chi connectivity index (χ0n) is 24.4. The quantitative estimate of drug-likeness (QED) is 0.120. The van der Waals surface area contributed by atoms with Crippen LogP contribution in [0.25, 0.3) is 21.7 Å². The molecule has 1 aromatic heterocycles. The van der Waals surface area contributed by atoms with E-state index >= 15 is 0 Å². The highest BCUT2D eigenvalue weighted by Crippen LogP contribution is 2.26. The van der Waals surface area contributed by atoms with E-state index in [4.69, 9.17) is 16.9 Å². The van der Waals surface area contributed by atoms with Gasteiger partial charge in [-0.2, -0.15) is 0 Å². The largest absolute Gasteiger partial charge is 0.370 e. The van der Waals surface area contributed by atoms with Crippen molar-refractivity contribution in [1.82, 2.24) is 20.1 Å². The summed E-state index contributed by atoms with van der Waals surface area (Å²) in [6, 6.07) is 21.4. The number of aromatic amines is 1. The maximum atomic E-state index is 13.8. The Morgan fingerprint density at radius 2 is 1.79 bits per heavy atom. The van der Waals surface area contributed by atoms with E-state index < -0.39 is 6.04 Å². The van der Waals surface area contributed by atoms with Crippen LogP contribution in [-0.4, -0.2) is 70.3 Å². The molecule has 42 heavy (non-hydrogen) atoms. The molecular weight excluding hydrogens is 526 g/mol. The van der Waals surface area contributed by atoms with Crippen LogP contribution in [0, 0.1) is 12.3 Å². The van der Waals surface area contributed by atoms with Crippen molar-refractivity contribution < 1.29 is 9.59 Å². The van der Waals surface area contributed by atoms with E-state index in [1.54, 1.807) is 0 Å². The van der Waals surface area contributed by atoms with Gasteiger partial charge in [-0.15, -0.1) is 0 Å². The number of nitrogens with one attached hydrogen (secondary N) is 3. The molecule has 9 nitrogen and oxygen atoms in total. The van der Waals surface area contributed by atoms with Crippen molar-refractivity contribution in [2.24, 2.45) is 11.5 Å². The number of piperazine rings is 1. The maximum Gasteiger partial charge on any atom is 0.240 e. The van der Waals surface area contributed by atoms with Crippen LogP contribution in [0.5, 0.6) is 0 Å². The molecule has 2 amide bonds. The lowest BCUT2D eigenvalue weighted by Crippen LogP contribution is -2.63. The van der Waals surface area contributed by atoms with Crippen molar-refractivity contribution in [2.75, 3.05) is 19.6 Å². The summed E-state index contributed by atoms with van der Waals surface area (Å²) in [5, 5.41) is 13.6. The Morgan fingerprint density at radius 3 is 2.57 bits per heavy atom. The van der Waals surface area contributed by atoms with Crippen LogP contribution in [0.4, 0.5) is 0 Å². The number of fused-ring (bicyclic) bond motifs is 2. The van der Waals surface area contributed by atoms with E-state index in [9.17, 15) is 9.59 Å². The van der Waals surface area contributed by atoms with Crippen molar-refractivity contribution in [3.05, 3.63) is 83.6 Å². The normalized spacial score (nSPS) is 17.9. The summed E-state index contributed by atoms with van der Waals surface area (Å²) >= 11 is 0. The number of benzene rings is 3. The minimum atomic E-state index is -0.688. The molecule has 3 aromatic carbocycles. The Labute approximate surface area is 246 Å². The van der Waals surface area contributed by atoms with Crippen molar-refractivity contribution in [2.45, 2.75) is 57.7 Å². The highest BCUT2D eigenvalue weighted by molar-refractivity contribution is 5.90. The van der Waals surface area contributed by atoms with E-state index in [1.807, 2.05) is 66.1 Å². The molecule has 1 aliphatic rings. The molecule has 0 bridgehead atoms. The Balaban J connectivity index is 1.31. The standard InChI is InChI=1S/C33H41N7O2/c1-21-19-40(32(42)29(34)17-23-13-14-24-8-3-4-9-25(24)16-23)26(10-7-15-37-33(35)36)20-39(21)31(41)18-28-22(2)38-30-12-6-5-11-27(28)30/h3-6,8-9,11-14,16,21,26,29,38H,7,10,15,17-20,34H2,1-2H3,(H4,35,36,37)/t21-,26+,29-/m1/s1. The number of carbonyl (C=O) groups excluding carboxylic acids is 2. The first kappa shape index (κ1) is 29.1. The van der Waals surface area contributed by atoms with Gasteiger partial charge < -0.3 is 31.6 Å². The van der Waals surface area contributed by atoms with Gasteiger partial charge in [0.05, 0.1) is 12.5 Å². The zero-order valence-corrected chi connectivity index (χ0v) is 24.4. The molecule has 220 valence electrons. The lowest BCUT2D eigenvalue weighted by Gasteiger charge is -2.46. The molecule has 0 spiro atoms. The molecule has 9 heteroatoms. The molecule has 3 atom stereocenters. The summed E-state index contributed by atoms with van der Waals surface area (Å²) in [5.41, 5.74) is 16.1. The van der Waals surface area contributed by atoms with E-state index in [-0.39, 0.29) is 29.9 Å². The molecule has 0 unspecified atom stereocenters. The number of aromatic nitrogens is 1. The predicted molar refractivity (Wildman–Crippen MR) is 168 cm³/mol. The second-order valence-corrected chi connectivity index (χ2v) is 11.5. The zero-order chi connectivity index (χ0) is 29.8. The second-order valence-electron chi connectivity index (χ2n) is 11.5. The van der Waals surface area contributed by atoms with Gasteiger partial charge in [0.25, 0.3) is 0 Å². The van der Waals surface area contributed by atoms with Crippen molar-refractivity contribution in [3.8, 4) is 0 Å². The molecule has 4 aromatic rings. The fourth-order valence-corrected chi connectivity index (χ4v) is 6.20. The molecule has 1 fully saturated rings. The number of nitrogens with zero attached hydrogens (tertiary/aromatic N) is 2. The molecule has 2 heterocycles. The molecule has 0 aliphatic carbocycles. The Hall–Kier alpha value is -4.37. The van der Waals surface area contributed by atoms with Gasteiger partial charge in [-0.3, -0.25) is 15.0 Å². The first-order valence-corrected chi connectivity index (χ1v) is 14.7. The van der Waals surface area contributed by atoms with Gasteiger partial charge >= 0.3 is 0 Å². The topological polar surface area (TPSA) is 144 Å². The van der Waals surface area contributed by atoms with Crippen LogP contribution in [-0.2, 0) is 22.4 Å². The van der Waals surface area contributed by atoms with Crippen molar-refractivity contribution in [1.29, 1.82) is 5.41 Å². The lowest BCUT2D eigenvalue weighted by molar-refractivity contribution is -0.147. The average molecular weight is 568 g/mol. The monoisotopic (exact) mass is 567 g/mol. The molecule has 0 saturated carbocycles. The second kappa shape index (κ2) is 12.7. The summed E-state index contributed by atoms with van der Waals surface area (Å²) < 4.78 is 0. The number of H-pyrrole nitrogens is 1. The summed E-state index contributed by atoms with van der Waals surface area (Å²) in [7, 11) is 0. The number of para-hydroxylation sites is 1. The number of nitrogens with two attached hydrogens (primary N) is 2. The maximum absolute atomic E-state index is 13.8. The van der Waals surface area contributed by atoms with Crippen LogP contribution in [0.1, 0.15) is 36.6 Å². The van der Waals surface area contributed by atoms with Gasteiger partial charge in [0.1, 0.15) is 0 Å². The Kier molecular flexibility index (Phi) is 8.77. The van der Waals surface area contributed by atoms with Crippen LogP contribution in [0.3, 0.4) is 0 Å². The first-order valence-electron chi connectivity index (χ1n) is 14.7. The highest BCUT2D eigenvalue weighted by atomic mass is 16.2. The minimum absolute atomic E-state index is 0.0507. The molecular formula is C33H41N7O2. The molecule has 1 saturated heterocycles. The Bertz CT molecular complexity index is 1600. The lowest BCUT2D eigenvalue weighted by atomic mass is 9.97. The summed E-state index contributed by atoms with van der Waals surface area (Å²) in [5.74, 6) is -0.127. The third-order valence-electron chi connectivity index (χ3n) is 8.42. The number of aryl methyl sites for hydroxylation is 1. The predicted octanol–water partition coefficient (Wildman–Crippen LogP) is 3.43. The van der Waals surface area contributed by atoms with Gasteiger partial charge in [-0.25, -0.2) is 0 Å². The SMILES string of the molecule is Cc1[nH]c2ccccc2c1CC(=O)N1C[C@H](CCCNC(=N)N)N(C(=O)[C@H](N)Cc2ccc3ccccc3c2)C[C@H]1C. The minimum Gasteiger partial charge on any atom is -0.370 e. The summed E-state index contributed by atoms with van der Waals surface area (Å²) in [4.78, 5) is 34.7. The molecule has 7 N–H and O–H groups in total. The van der Waals surface area contributed by atoms with Gasteiger partial charge in [0.15, 0.2) is 5.96 Å². The number of guanidine groups is 1. The summed E-state index contributed by atoms with van der Waals surface area (Å²) in [6.07, 6.45) is 2.10. The van der Waals surface area contributed by atoms with Gasteiger partial charge in [0.2, 0.25) is 11.8 Å². The fourth-order valence-electron chi connectivity index (χ4n) is 6.20. The number of hydrogen-bond donors (Lipinski definition) is 5. The third kappa shape index (κ3) is 6.41. The van der Waals surface area contributed by atoms with Crippen molar-refractivity contribution in [3.63, 3.8) is 0 Å². The number of rotatable bonds is 9. The summed E-state index contributed by atoms with van der Waals surface area (Å²) in [6.45, 7) is 5.39. The van der Waals surface area contributed by atoms with E-state index in [0.29, 0.717) is 45.3 Å². The molecule has 0 radical (unpaired) electrons. The van der Waals surface area contributed by atoms with Crippen LogP contribution < -0.4 is 16.8 Å². The first-order chi connectivity index (χ1) is 20.2. The van der Waals surface area contributed by atoms with Gasteiger partial charge in [-0.05, 0) is 61.1 Å². The van der Waals surface area contributed by atoms with E-state index in [0.717, 1.165) is 38.5 Å². The third-order valence-corrected chi connectivity index (χ3v) is 8.42. The highest BCUT2D eigenvalue weighted by Gasteiger charge is 2.38. The molecule has 5 rings (SSSR count). The van der Waals surface area contributed by atoms with Gasteiger partial charge in [-0.1, -0.05) is 60.7 Å². The number of carbonyl (C=O) groups is 2. The molecule has 1 aliphatic heterocycles. The van der Waals surface area contributed by atoms with Gasteiger partial charge in [0, 0.05) is 48.3 Å². The van der Waals surface area contributed by atoms with Crippen LogP contribution >= 0.6 is 0 Å². The smallest absolute Gasteiger partial charge is 0.240 e. The van der Waals surface area contributed by atoms with E-state index in [2.05, 4.69) is 34.6 Å². The van der Waals surface area contributed by atoms with Crippen molar-refractivity contribution >= 4 is 39.4 Å². The number of hydrogen-bond acceptors (Lipinski definition) is 4. The van der Waals surface area contributed by atoms with Crippen LogP contribution in [0.2, 0.25) is 0 Å². The number of amides is 2. The average Bonchev–Trinajstić information content (AvgIpc) is 3.29. The van der Waals surface area contributed by atoms with Crippen LogP contribution in [0.15, 0.2) is 66.7 Å².